The first-order valence-corrected chi connectivity index (χ1v) is 8.79. The first-order chi connectivity index (χ1) is 8.95. The summed E-state index contributed by atoms with van der Waals surface area (Å²) in [6.07, 6.45) is 1.09. The Morgan fingerprint density at radius 2 is 1.89 bits per heavy atom. The van der Waals surface area contributed by atoms with Crippen LogP contribution in [-0.2, 0) is 6.42 Å². The van der Waals surface area contributed by atoms with Gasteiger partial charge in [0.25, 0.3) is 0 Å². The summed E-state index contributed by atoms with van der Waals surface area (Å²) < 4.78 is 1.22. The summed E-state index contributed by atoms with van der Waals surface area (Å²) in [5.41, 5.74) is 0.163. The molecule has 0 aliphatic heterocycles. The van der Waals surface area contributed by atoms with Crippen molar-refractivity contribution in [1.82, 2.24) is 10.2 Å². The minimum atomic E-state index is 0.163. The van der Waals surface area contributed by atoms with Gasteiger partial charge >= 0.3 is 0 Å². The van der Waals surface area contributed by atoms with Gasteiger partial charge in [0.1, 0.15) is 0 Å². The van der Waals surface area contributed by atoms with Gasteiger partial charge < -0.3 is 5.32 Å². The minimum absolute atomic E-state index is 0.163. The molecular weight excluding hydrogens is 320 g/mol. The summed E-state index contributed by atoms with van der Waals surface area (Å²) >= 11 is 5.40. The van der Waals surface area contributed by atoms with E-state index >= 15 is 0 Å². The van der Waals surface area contributed by atoms with Crippen LogP contribution in [0.15, 0.2) is 15.9 Å². The van der Waals surface area contributed by atoms with Crippen molar-refractivity contribution in [2.24, 2.45) is 0 Å². The Morgan fingerprint density at radius 3 is 2.32 bits per heavy atom. The zero-order chi connectivity index (χ0) is 14.5. The summed E-state index contributed by atoms with van der Waals surface area (Å²) in [6, 6.07) is 4.85. The second-order valence-corrected chi connectivity index (χ2v) is 7.89. The van der Waals surface area contributed by atoms with Crippen molar-refractivity contribution < 1.29 is 0 Å². The smallest absolute Gasteiger partial charge is 0.0701 e. The van der Waals surface area contributed by atoms with E-state index in [1.807, 2.05) is 11.3 Å². The fraction of sp³-hybridized carbons (Fsp3) is 0.733. The lowest BCUT2D eigenvalue weighted by molar-refractivity contribution is 0.0921. The molecule has 110 valence electrons. The van der Waals surface area contributed by atoms with Gasteiger partial charge in [0, 0.05) is 16.5 Å². The standard InChI is InChI=1S/C15H27BrN2S/c1-6-17-13(11-12-9-10-14(16)19-12)15(4,5)18(7-2)8-3/h9-10,13,17H,6-8,11H2,1-5H3. The number of thiophene rings is 1. The molecule has 1 unspecified atom stereocenters. The molecule has 0 aliphatic carbocycles. The van der Waals surface area contributed by atoms with E-state index in [2.05, 4.69) is 72.9 Å². The minimum Gasteiger partial charge on any atom is -0.312 e. The van der Waals surface area contributed by atoms with E-state index in [0.29, 0.717) is 6.04 Å². The molecule has 0 spiro atoms. The summed E-state index contributed by atoms with van der Waals surface area (Å²) in [7, 11) is 0. The molecule has 1 atom stereocenters. The van der Waals surface area contributed by atoms with Gasteiger partial charge in [-0.2, -0.15) is 0 Å². The molecule has 0 amide bonds. The number of nitrogens with zero attached hydrogens (tertiary/aromatic N) is 1. The van der Waals surface area contributed by atoms with Crippen molar-refractivity contribution in [3.8, 4) is 0 Å². The molecule has 1 heterocycles. The van der Waals surface area contributed by atoms with Gasteiger partial charge in [-0.05, 0) is 68.0 Å². The molecule has 1 rings (SSSR count). The van der Waals surface area contributed by atoms with Gasteiger partial charge in [-0.1, -0.05) is 20.8 Å². The van der Waals surface area contributed by atoms with Crippen LogP contribution in [0.2, 0.25) is 0 Å². The lowest BCUT2D eigenvalue weighted by Crippen LogP contribution is -2.58. The van der Waals surface area contributed by atoms with Gasteiger partial charge in [0.15, 0.2) is 0 Å². The molecule has 0 bridgehead atoms. The molecule has 0 radical (unpaired) electrons. The molecule has 1 aromatic heterocycles. The van der Waals surface area contributed by atoms with E-state index in [1.165, 1.54) is 8.66 Å². The van der Waals surface area contributed by atoms with E-state index in [1.54, 1.807) is 0 Å². The van der Waals surface area contributed by atoms with Gasteiger partial charge in [-0.15, -0.1) is 11.3 Å². The van der Waals surface area contributed by atoms with E-state index in [-0.39, 0.29) is 5.54 Å². The third kappa shape index (κ3) is 4.55. The van der Waals surface area contributed by atoms with Gasteiger partial charge in [0.2, 0.25) is 0 Å². The molecular formula is C15H27BrN2S. The SMILES string of the molecule is CCNC(Cc1ccc(Br)s1)C(C)(C)N(CC)CC. The fourth-order valence-electron chi connectivity index (χ4n) is 2.74. The van der Waals surface area contributed by atoms with Crippen molar-refractivity contribution in [3.05, 3.63) is 20.8 Å². The summed E-state index contributed by atoms with van der Waals surface area (Å²) in [6.45, 7) is 14.6. The van der Waals surface area contributed by atoms with Crippen LogP contribution in [-0.4, -0.2) is 36.1 Å². The highest BCUT2D eigenvalue weighted by Crippen LogP contribution is 2.27. The van der Waals surface area contributed by atoms with E-state index in [0.717, 1.165) is 26.1 Å². The van der Waals surface area contributed by atoms with Crippen LogP contribution in [0.3, 0.4) is 0 Å². The number of halogens is 1. The zero-order valence-electron chi connectivity index (χ0n) is 12.8. The number of rotatable bonds is 8. The van der Waals surface area contributed by atoms with Crippen molar-refractivity contribution in [1.29, 1.82) is 0 Å². The predicted octanol–water partition coefficient (Wildman–Crippen LogP) is 4.15. The highest BCUT2D eigenvalue weighted by atomic mass is 79.9. The van der Waals surface area contributed by atoms with Gasteiger partial charge in [-0.25, -0.2) is 0 Å². The zero-order valence-corrected chi connectivity index (χ0v) is 15.2. The molecule has 4 heteroatoms. The quantitative estimate of drug-likeness (QED) is 0.760. The summed E-state index contributed by atoms with van der Waals surface area (Å²) in [5.74, 6) is 0. The second kappa shape index (κ2) is 7.77. The van der Waals surface area contributed by atoms with Crippen LogP contribution in [0.25, 0.3) is 0 Å². The number of nitrogens with one attached hydrogen (secondary N) is 1. The van der Waals surface area contributed by atoms with Crippen molar-refractivity contribution >= 4 is 27.3 Å². The molecule has 0 fully saturated rings. The largest absolute Gasteiger partial charge is 0.312 e. The van der Waals surface area contributed by atoms with E-state index < -0.39 is 0 Å². The summed E-state index contributed by atoms with van der Waals surface area (Å²) in [5, 5.41) is 3.68. The van der Waals surface area contributed by atoms with Crippen molar-refractivity contribution in [2.75, 3.05) is 19.6 Å². The van der Waals surface area contributed by atoms with Crippen LogP contribution >= 0.6 is 27.3 Å². The Kier molecular flexibility index (Phi) is 7.01. The molecule has 0 aromatic carbocycles. The Balaban J connectivity index is 2.86. The molecule has 1 N–H and O–H groups in total. The Bertz CT molecular complexity index is 372. The number of likely N-dealkylation sites (N-methyl/N-ethyl adjacent to an activating group) is 2. The Hall–Kier alpha value is 0.1000. The van der Waals surface area contributed by atoms with Crippen molar-refractivity contribution in [2.45, 2.75) is 52.6 Å². The van der Waals surface area contributed by atoms with Crippen LogP contribution in [0.1, 0.15) is 39.5 Å². The first kappa shape index (κ1) is 17.2. The fourth-order valence-corrected chi connectivity index (χ4v) is 4.27. The monoisotopic (exact) mass is 346 g/mol. The van der Waals surface area contributed by atoms with Gasteiger partial charge in [-0.3, -0.25) is 4.90 Å². The Morgan fingerprint density at radius 1 is 1.26 bits per heavy atom. The molecule has 0 aliphatic rings. The molecule has 19 heavy (non-hydrogen) atoms. The average Bonchev–Trinajstić information content (AvgIpc) is 2.75. The van der Waals surface area contributed by atoms with E-state index in [4.69, 9.17) is 0 Å². The van der Waals surface area contributed by atoms with Crippen molar-refractivity contribution in [3.63, 3.8) is 0 Å². The van der Waals surface area contributed by atoms with Crippen LogP contribution in [0, 0.1) is 0 Å². The summed E-state index contributed by atoms with van der Waals surface area (Å²) in [4.78, 5) is 3.99. The number of hydrogen-bond acceptors (Lipinski definition) is 3. The lowest BCUT2D eigenvalue weighted by Gasteiger charge is -2.43. The maximum absolute atomic E-state index is 3.68. The van der Waals surface area contributed by atoms with E-state index in [9.17, 15) is 0 Å². The van der Waals surface area contributed by atoms with Crippen LogP contribution < -0.4 is 5.32 Å². The van der Waals surface area contributed by atoms with Gasteiger partial charge in [0.05, 0.1) is 3.79 Å². The van der Waals surface area contributed by atoms with Crippen LogP contribution in [0.4, 0.5) is 0 Å². The van der Waals surface area contributed by atoms with Crippen LogP contribution in [0.5, 0.6) is 0 Å². The average molecular weight is 347 g/mol. The maximum atomic E-state index is 3.68. The highest BCUT2D eigenvalue weighted by Gasteiger charge is 2.33. The molecule has 1 aromatic rings. The normalized spacial score (nSPS) is 14.1. The molecule has 0 saturated carbocycles. The Labute approximate surface area is 130 Å². The molecule has 2 nitrogen and oxygen atoms in total. The number of hydrogen-bond donors (Lipinski definition) is 1. The maximum Gasteiger partial charge on any atom is 0.0701 e. The molecule has 0 saturated heterocycles. The first-order valence-electron chi connectivity index (χ1n) is 7.18. The topological polar surface area (TPSA) is 15.3 Å². The second-order valence-electron chi connectivity index (χ2n) is 5.35. The lowest BCUT2D eigenvalue weighted by atomic mass is 9.89. The third-order valence-electron chi connectivity index (χ3n) is 3.92. The predicted molar refractivity (Wildman–Crippen MR) is 90.2 cm³/mol. The third-order valence-corrected chi connectivity index (χ3v) is 5.56. The highest BCUT2D eigenvalue weighted by molar-refractivity contribution is 9.11.